The van der Waals surface area contributed by atoms with E-state index in [4.69, 9.17) is 0 Å². The van der Waals surface area contributed by atoms with Crippen LogP contribution in [0.25, 0.3) is 11.4 Å². The number of rotatable bonds is 4. The maximum Gasteiger partial charge on any atom is 0.205 e. The summed E-state index contributed by atoms with van der Waals surface area (Å²) in [6.07, 6.45) is 0. The molecule has 2 aromatic heterocycles. The van der Waals surface area contributed by atoms with Crippen molar-refractivity contribution in [2.24, 2.45) is 0 Å². The van der Waals surface area contributed by atoms with E-state index in [1.54, 1.807) is 0 Å². The van der Waals surface area contributed by atoms with Crippen molar-refractivity contribution in [2.75, 3.05) is 31.1 Å². The van der Waals surface area contributed by atoms with E-state index in [2.05, 4.69) is 51.9 Å². The molecule has 1 aliphatic heterocycles. The molecule has 1 saturated heterocycles. The van der Waals surface area contributed by atoms with E-state index in [-0.39, 0.29) is 0 Å². The van der Waals surface area contributed by atoms with Crippen LogP contribution in [0.3, 0.4) is 0 Å². The van der Waals surface area contributed by atoms with Crippen molar-refractivity contribution in [1.82, 2.24) is 34.9 Å². The van der Waals surface area contributed by atoms with Crippen molar-refractivity contribution >= 4 is 16.7 Å². The van der Waals surface area contributed by atoms with Crippen LogP contribution >= 0.6 is 11.5 Å². The Labute approximate surface area is 143 Å². The van der Waals surface area contributed by atoms with E-state index in [0.717, 1.165) is 49.2 Å². The first-order chi connectivity index (χ1) is 11.8. The molecular formula is C15H18N8S. The molecule has 0 bridgehead atoms. The Morgan fingerprint density at radius 2 is 1.92 bits per heavy atom. The average Bonchev–Trinajstić information content (AvgIpc) is 3.28. The van der Waals surface area contributed by atoms with Gasteiger partial charge in [0.25, 0.3) is 0 Å². The standard InChI is InChI=1S/C15H18N8S/c1-11-16-15(24-19-11)23-8-6-22(7-9-23)10-12-2-4-13(5-3-12)14-17-20-21-18-14/h2-5H,6-10H2,1H3,(H,17,18,20,21). The summed E-state index contributed by atoms with van der Waals surface area (Å²) in [5.74, 6) is 1.49. The van der Waals surface area contributed by atoms with Crippen molar-refractivity contribution in [2.45, 2.75) is 13.5 Å². The van der Waals surface area contributed by atoms with E-state index in [1.165, 1.54) is 17.1 Å². The van der Waals surface area contributed by atoms with Crippen molar-refractivity contribution in [3.05, 3.63) is 35.7 Å². The summed E-state index contributed by atoms with van der Waals surface area (Å²) in [6, 6.07) is 8.35. The van der Waals surface area contributed by atoms with Crippen LogP contribution in [0.1, 0.15) is 11.4 Å². The van der Waals surface area contributed by atoms with Crippen LogP contribution in [0.2, 0.25) is 0 Å². The number of piperazine rings is 1. The van der Waals surface area contributed by atoms with E-state index in [1.807, 2.05) is 19.1 Å². The summed E-state index contributed by atoms with van der Waals surface area (Å²) < 4.78 is 4.27. The van der Waals surface area contributed by atoms with Gasteiger partial charge in [-0.2, -0.15) is 9.59 Å². The first-order valence-corrected chi connectivity index (χ1v) is 8.66. The molecule has 0 atom stereocenters. The van der Waals surface area contributed by atoms with Gasteiger partial charge in [-0.1, -0.05) is 24.3 Å². The van der Waals surface area contributed by atoms with Crippen molar-refractivity contribution < 1.29 is 0 Å². The van der Waals surface area contributed by atoms with Gasteiger partial charge in [0.2, 0.25) is 11.0 Å². The molecular weight excluding hydrogens is 324 g/mol. The fourth-order valence-corrected chi connectivity index (χ4v) is 3.54. The minimum Gasteiger partial charge on any atom is -0.344 e. The van der Waals surface area contributed by atoms with Gasteiger partial charge in [0.1, 0.15) is 5.82 Å². The minimum absolute atomic E-state index is 0.627. The molecule has 8 nitrogen and oxygen atoms in total. The van der Waals surface area contributed by atoms with Gasteiger partial charge >= 0.3 is 0 Å². The van der Waals surface area contributed by atoms with Crippen LogP contribution in [0, 0.1) is 6.92 Å². The lowest BCUT2D eigenvalue weighted by atomic mass is 10.1. The smallest absolute Gasteiger partial charge is 0.205 e. The third kappa shape index (κ3) is 3.26. The molecule has 4 rings (SSSR count). The Balaban J connectivity index is 1.33. The molecule has 1 N–H and O–H groups in total. The molecule has 0 amide bonds. The van der Waals surface area contributed by atoms with Gasteiger partial charge in [-0.3, -0.25) is 4.90 Å². The van der Waals surface area contributed by atoms with Crippen LogP contribution in [0.4, 0.5) is 5.13 Å². The Bertz CT molecular complexity index is 774. The summed E-state index contributed by atoms with van der Waals surface area (Å²) in [4.78, 5) is 9.26. The molecule has 9 heteroatoms. The van der Waals surface area contributed by atoms with Gasteiger partial charge in [-0.25, -0.2) is 4.98 Å². The second-order valence-electron chi connectivity index (χ2n) is 5.82. The molecule has 0 aliphatic carbocycles. The number of nitrogens with one attached hydrogen (secondary N) is 1. The number of aromatic amines is 1. The number of aryl methyl sites for hydroxylation is 1. The second kappa shape index (κ2) is 6.62. The zero-order valence-electron chi connectivity index (χ0n) is 13.4. The molecule has 3 aromatic rings. The zero-order valence-corrected chi connectivity index (χ0v) is 14.2. The minimum atomic E-state index is 0.627. The Kier molecular flexibility index (Phi) is 4.18. The summed E-state index contributed by atoms with van der Waals surface area (Å²) >= 11 is 1.49. The maximum atomic E-state index is 4.47. The van der Waals surface area contributed by atoms with Gasteiger partial charge in [0.05, 0.1) is 0 Å². The predicted molar refractivity (Wildman–Crippen MR) is 91.7 cm³/mol. The summed E-state index contributed by atoms with van der Waals surface area (Å²) in [6.45, 7) is 6.95. The van der Waals surface area contributed by atoms with Gasteiger partial charge in [-0.05, 0) is 17.7 Å². The number of anilines is 1. The lowest BCUT2D eigenvalue weighted by Gasteiger charge is -2.34. The molecule has 124 valence electrons. The number of tetrazole rings is 1. The maximum absolute atomic E-state index is 4.47. The Morgan fingerprint density at radius 3 is 2.54 bits per heavy atom. The van der Waals surface area contributed by atoms with E-state index in [0.29, 0.717) is 5.82 Å². The van der Waals surface area contributed by atoms with Crippen LogP contribution in [-0.4, -0.2) is 61.1 Å². The number of hydrogen-bond acceptors (Lipinski definition) is 8. The molecule has 1 aliphatic rings. The third-order valence-electron chi connectivity index (χ3n) is 4.12. The highest BCUT2D eigenvalue weighted by atomic mass is 32.1. The zero-order chi connectivity index (χ0) is 16.4. The quantitative estimate of drug-likeness (QED) is 0.766. The van der Waals surface area contributed by atoms with Gasteiger partial charge in [0, 0.05) is 49.8 Å². The molecule has 1 aromatic carbocycles. The molecule has 0 spiro atoms. The summed E-state index contributed by atoms with van der Waals surface area (Å²) in [5.41, 5.74) is 2.27. The van der Waals surface area contributed by atoms with Crippen LogP contribution in [0.15, 0.2) is 24.3 Å². The van der Waals surface area contributed by atoms with Gasteiger partial charge in [0.15, 0.2) is 0 Å². The summed E-state index contributed by atoms with van der Waals surface area (Å²) in [7, 11) is 0. The van der Waals surface area contributed by atoms with E-state index >= 15 is 0 Å². The molecule has 0 unspecified atom stereocenters. The van der Waals surface area contributed by atoms with Crippen molar-refractivity contribution in [3.63, 3.8) is 0 Å². The Morgan fingerprint density at radius 1 is 1.12 bits per heavy atom. The predicted octanol–water partition coefficient (Wildman–Crippen LogP) is 1.35. The fourth-order valence-electron chi connectivity index (χ4n) is 2.81. The fraction of sp³-hybridized carbons (Fsp3) is 0.400. The highest BCUT2D eigenvalue weighted by Crippen LogP contribution is 2.20. The second-order valence-corrected chi connectivity index (χ2v) is 6.55. The summed E-state index contributed by atoms with van der Waals surface area (Å²) in [5, 5.41) is 15.1. The van der Waals surface area contributed by atoms with Gasteiger partial charge in [-0.15, -0.1) is 10.2 Å². The molecule has 1 fully saturated rings. The normalized spacial score (nSPS) is 15.8. The van der Waals surface area contributed by atoms with Crippen molar-refractivity contribution in [1.29, 1.82) is 0 Å². The number of H-pyrrole nitrogens is 1. The van der Waals surface area contributed by atoms with Crippen molar-refractivity contribution in [3.8, 4) is 11.4 Å². The highest BCUT2D eigenvalue weighted by Gasteiger charge is 2.19. The first-order valence-electron chi connectivity index (χ1n) is 7.88. The lowest BCUT2D eigenvalue weighted by molar-refractivity contribution is 0.250. The third-order valence-corrected chi connectivity index (χ3v) is 4.99. The first kappa shape index (κ1) is 15.2. The van der Waals surface area contributed by atoms with Gasteiger partial charge < -0.3 is 4.90 Å². The van der Waals surface area contributed by atoms with E-state index < -0.39 is 0 Å². The monoisotopic (exact) mass is 342 g/mol. The number of hydrogen-bond donors (Lipinski definition) is 1. The van der Waals surface area contributed by atoms with E-state index in [9.17, 15) is 0 Å². The topological polar surface area (TPSA) is 86.7 Å². The largest absolute Gasteiger partial charge is 0.344 e. The van der Waals surface area contributed by atoms with Crippen LogP contribution < -0.4 is 4.90 Å². The van der Waals surface area contributed by atoms with Crippen LogP contribution in [0.5, 0.6) is 0 Å². The number of aromatic nitrogens is 6. The van der Waals surface area contributed by atoms with Crippen LogP contribution in [-0.2, 0) is 6.54 Å². The Hall–Kier alpha value is -2.39. The molecule has 0 radical (unpaired) electrons. The lowest BCUT2D eigenvalue weighted by Crippen LogP contribution is -2.45. The molecule has 0 saturated carbocycles. The molecule has 3 heterocycles. The average molecular weight is 342 g/mol. The molecule has 24 heavy (non-hydrogen) atoms. The SMILES string of the molecule is Cc1nsc(N2CCN(Cc3ccc(-c4nn[nH]n4)cc3)CC2)n1. The highest BCUT2D eigenvalue weighted by molar-refractivity contribution is 7.09. The number of benzene rings is 1. The number of nitrogens with zero attached hydrogens (tertiary/aromatic N) is 7.